The van der Waals surface area contributed by atoms with Crippen LogP contribution in [0.15, 0.2) is 29.3 Å². The summed E-state index contributed by atoms with van der Waals surface area (Å²) >= 11 is 14.3. The SMILES string of the molecule is Cn1c(=NC(=O)c2ccc([N+](=O)[O-])s2)sc2ccc(Cl)c(Cl)c21. The third-order valence-electron chi connectivity index (χ3n) is 3.04. The number of benzene rings is 1. The molecule has 3 rings (SSSR count). The van der Waals surface area contributed by atoms with E-state index < -0.39 is 10.8 Å². The van der Waals surface area contributed by atoms with E-state index in [2.05, 4.69) is 4.99 Å². The third-order valence-corrected chi connectivity index (χ3v) is 5.95. The number of amides is 1. The Kier molecular flexibility index (Phi) is 4.24. The van der Waals surface area contributed by atoms with Gasteiger partial charge in [0.2, 0.25) is 0 Å². The topological polar surface area (TPSA) is 77.5 Å². The Labute approximate surface area is 147 Å². The first kappa shape index (κ1) is 16.1. The fourth-order valence-corrected chi connectivity index (χ4v) is 4.19. The number of hydrogen-bond acceptors (Lipinski definition) is 5. The van der Waals surface area contributed by atoms with Gasteiger partial charge in [0.05, 0.1) is 25.2 Å². The molecule has 2 heterocycles. The molecule has 0 aliphatic carbocycles. The Morgan fingerprint density at radius 2 is 2.00 bits per heavy atom. The predicted octanol–water partition coefficient (Wildman–Crippen LogP) is 4.26. The highest BCUT2D eigenvalue weighted by atomic mass is 35.5. The number of aromatic nitrogens is 1. The molecule has 0 saturated carbocycles. The number of fused-ring (bicyclic) bond motifs is 1. The van der Waals surface area contributed by atoms with Gasteiger partial charge in [0.1, 0.15) is 4.88 Å². The van der Waals surface area contributed by atoms with Crippen molar-refractivity contribution in [3.8, 4) is 0 Å². The monoisotopic (exact) mass is 387 g/mol. The van der Waals surface area contributed by atoms with Crippen molar-refractivity contribution >= 4 is 67.0 Å². The summed E-state index contributed by atoms with van der Waals surface area (Å²) in [6.07, 6.45) is 0. The summed E-state index contributed by atoms with van der Waals surface area (Å²) in [6, 6.07) is 6.16. The largest absolute Gasteiger partial charge is 0.324 e. The minimum Gasteiger partial charge on any atom is -0.318 e. The molecule has 6 nitrogen and oxygen atoms in total. The van der Waals surface area contributed by atoms with Crippen molar-refractivity contribution in [2.75, 3.05) is 0 Å². The molecule has 118 valence electrons. The highest BCUT2D eigenvalue weighted by Crippen LogP contribution is 2.31. The quantitative estimate of drug-likeness (QED) is 0.486. The molecule has 10 heteroatoms. The van der Waals surface area contributed by atoms with Crippen LogP contribution in [0.25, 0.3) is 10.2 Å². The van der Waals surface area contributed by atoms with Gasteiger partial charge in [-0.05, 0) is 18.2 Å². The van der Waals surface area contributed by atoms with Gasteiger partial charge in [-0.3, -0.25) is 14.9 Å². The van der Waals surface area contributed by atoms with E-state index >= 15 is 0 Å². The van der Waals surface area contributed by atoms with Crippen molar-refractivity contribution < 1.29 is 9.72 Å². The number of rotatable bonds is 2. The number of nitro groups is 1. The fourth-order valence-electron chi connectivity index (χ4n) is 1.96. The van der Waals surface area contributed by atoms with Crippen LogP contribution < -0.4 is 4.80 Å². The van der Waals surface area contributed by atoms with Crippen LogP contribution in [-0.4, -0.2) is 15.4 Å². The van der Waals surface area contributed by atoms with E-state index in [0.717, 1.165) is 16.0 Å². The lowest BCUT2D eigenvalue weighted by molar-refractivity contribution is -0.380. The lowest BCUT2D eigenvalue weighted by Crippen LogP contribution is -2.13. The molecule has 2 aromatic heterocycles. The first-order chi connectivity index (χ1) is 10.9. The number of carbonyl (C=O) groups is 1. The van der Waals surface area contributed by atoms with Gasteiger partial charge in [-0.25, -0.2) is 0 Å². The van der Waals surface area contributed by atoms with Crippen molar-refractivity contribution in [1.29, 1.82) is 0 Å². The molecule has 0 bridgehead atoms. The molecule has 0 saturated heterocycles. The highest BCUT2D eigenvalue weighted by molar-refractivity contribution is 7.17. The standard InChI is InChI=1S/C13H7Cl2N3O3S2/c1-17-11-7(3-2-6(14)10(11)15)23-13(17)16-12(19)8-4-5-9(22-8)18(20)21/h2-5H,1H3. The number of hydrogen-bond donors (Lipinski definition) is 0. The number of halogens is 2. The van der Waals surface area contributed by atoms with Gasteiger partial charge in [-0.2, -0.15) is 4.99 Å². The molecule has 0 atom stereocenters. The number of thiophene rings is 1. The first-order valence-electron chi connectivity index (χ1n) is 6.15. The number of carbonyl (C=O) groups excluding carboxylic acids is 1. The second-order valence-corrected chi connectivity index (χ2v) is 7.32. The summed E-state index contributed by atoms with van der Waals surface area (Å²) in [7, 11) is 1.73. The van der Waals surface area contributed by atoms with E-state index in [1.807, 2.05) is 0 Å². The average molecular weight is 388 g/mol. The van der Waals surface area contributed by atoms with E-state index in [0.29, 0.717) is 20.4 Å². The number of thiazole rings is 1. The molecule has 0 fully saturated rings. The number of nitrogens with zero attached hydrogens (tertiary/aromatic N) is 3. The lowest BCUT2D eigenvalue weighted by Gasteiger charge is -1.99. The summed E-state index contributed by atoms with van der Waals surface area (Å²) in [6.45, 7) is 0. The molecule has 0 N–H and O–H groups in total. The predicted molar refractivity (Wildman–Crippen MR) is 91.7 cm³/mol. The smallest absolute Gasteiger partial charge is 0.318 e. The Morgan fingerprint density at radius 3 is 2.65 bits per heavy atom. The van der Waals surface area contributed by atoms with E-state index in [4.69, 9.17) is 23.2 Å². The summed E-state index contributed by atoms with van der Waals surface area (Å²) in [5.41, 5.74) is 0.688. The molecular formula is C13H7Cl2N3O3S2. The second-order valence-electron chi connectivity index (χ2n) is 4.46. The highest BCUT2D eigenvalue weighted by Gasteiger charge is 2.16. The molecule has 0 aliphatic heterocycles. The van der Waals surface area contributed by atoms with Crippen molar-refractivity contribution in [3.63, 3.8) is 0 Å². The molecule has 0 aliphatic rings. The number of aryl methyl sites for hydroxylation is 1. The Morgan fingerprint density at radius 1 is 1.26 bits per heavy atom. The normalized spacial score (nSPS) is 12.0. The maximum Gasteiger partial charge on any atom is 0.324 e. The molecule has 1 aromatic carbocycles. The van der Waals surface area contributed by atoms with Crippen molar-refractivity contribution in [3.05, 3.63) is 54.1 Å². The van der Waals surface area contributed by atoms with Gasteiger partial charge in [0, 0.05) is 13.1 Å². The molecule has 0 spiro atoms. The zero-order valence-corrected chi connectivity index (χ0v) is 14.6. The van der Waals surface area contributed by atoms with Crippen LogP contribution in [-0.2, 0) is 7.05 Å². The van der Waals surface area contributed by atoms with Crippen molar-refractivity contribution in [2.45, 2.75) is 0 Å². The van der Waals surface area contributed by atoms with E-state index in [1.165, 1.54) is 23.5 Å². The Bertz CT molecular complexity index is 1020. The Hall–Kier alpha value is -1.74. The van der Waals surface area contributed by atoms with Gasteiger partial charge in [0.15, 0.2) is 4.80 Å². The average Bonchev–Trinajstić information content (AvgIpc) is 3.10. The van der Waals surface area contributed by atoms with Crippen molar-refractivity contribution in [1.82, 2.24) is 4.57 Å². The van der Waals surface area contributed by atoms with E-state index in [-0.39, 0.29) is 9.88 Å². The summed E-state index contributed by atoms with van der Waals surface area (Å²) < 4.78 is 2.51. The van der Waals surface area contributed by atoms with E-state index in [9.17, 15) is 14.9 Å². The van der Waals surface area contributed by atoms with Gasteiger partial charge < -0.3 is 4.57 Å². The summed E-state index contributed by atoms with van der Waals surface area (Å²) in [5, 5.41) is 11.4. The molecule has 3 aromatic rings. The molecular weight excluding hydrogens is 381 g/mol. The zero-order chi connectivity index (χ0) is 16.7. The molecule has 0 unspecified atom stereocenters. The molecule has 23 heavy (non-hydrogen) atoms. The molecule has 1 amide bonds. The minimum absolute atomic E-state index is 0.0981. The van der Waals surface area contributed by atoms with Crippen LogP contribution in [0.3, 0.4) is 0 Å². The maximum atomic E-state index is 12.2. The first-order valence-corrected chi connectivity index (χ1v) is 8.54. The summed E-state index contributed by atoms with van der Waals surface area (Å²) in [5.74, 6) is -0.535. The Balaban J connectivity index is 2.10. The minimum atomic E-state index is -0.539. The second kappa shape index (κ2) is 6.04. The van der Waals surface area contributed by atoms with Gasteiger partial charge in [-0.15, -0.1) is 0 Å². The maximum absolute atomic E-state index is 12.2. The van der Waals surface area contributed by atoms with Crippen LogP contribution in [0.5, 0.6) is 0 Å². The lowest BCUT2D eigenvalue weighted by atomic mass is 10.3. The van der Waals surface area contributed by atoms with Crippen LogP contribution in [0.4, 0.5) is 5.00 Å². The van der Waals surface area contributed by atoms with Crippen LogP contribution in [0, 0.1) is 10.1 Å². The van der Waals surface area contributed by atoms with Gasteiger partial charge >= 0.3 is 5.00 Å². The van der Waals surface area contributed by atoms with Crippen LogP contribution in [0.1, 0.15) is 9.67 Å². The summed E-state index contributed by atoms with van der Waals surface area (Å²) in [4.78, 5) is 27.0. The zero-order valence-electron chi connectivity index (χ0n) is 11.4. The van der Waals surface area contributed by atoms with Crippen LogP contribution in [0.2, 0.25) is 10.0 Å². The van der Waals surface area contributed by atoms with Gasteiger partial charge in [-0.1, -0.05) is 45.9 Å². The third kappa shape index (κ3) is 2.90. The van der Waals surface area contributed by atoms with Crippen molar-refractivity contribution in [2.24, 2.45) is 12.0 Å². The molecule has 0 radical (unpaired) electrons. The van der Waals surface area contributed by atoms with Crippen LogP contribution >= 0.6 is 45.9 Å². The van der Waals surface area contributed by atoms with E-state index in [1.54, 1.807) is 23.7 Å². The fraction of sp³-hybridized carbons (Fsp3) is 0.0769. The van der Waals surface area contributed by atoms with Gasteiger partial charge in [0.25, 0.3) is 5.91 Å².